The Labute approximate surface area is 105 Å². The molecule has 5 heteroatoms. The summed E-state index contributed by atoms with van der Waals surface area (Å²) in [5.74, 6) is 0.676. The van der Waals surface area contributed by atoms with Gasteiger partial charge in [-0.15, -0.1) is 0 Å². The topological polar surface area (TPSA) is 56.3 Å². The van der Waals surface area contributed by atoms with E-state index in [1.165, 1.54) is 6.33 Å². The van der Waals surface area contributed by atoms with Gasteiger partial charge in [0.25, 0.3) is 0 Å². The average molecular weight is 245 g/mol. The van der Waals surface area contributed by atoms with Crippen molar-refractivity contribution in [1.29, 1.82) is 0 Å². The highest BCUT2D eigenvalue weighted by Gasteiger charge is 2.15. The van der Waals surface area contributed by atoms with E-state index in [0.29, 0.717) is 5.82 Å². The molecule has 2 heterocycles. The first-order valence-electron chi connectivity index (χ1n) is 6.16. The van der Waals surface area contributed by atoms with E-state index in [9.17, 15) is 0 Å². The molecule has 0 unspecified atom stereocenters. The van der Waals surface area contributed by atoms with Gasteiger partial charge in [-0.05, 0) is 25.0 Å². The molecule has 1 N–H and O–H groups in total. The van der Waals surface area contributed by atoms with Gasteiger partial charge in [-0.2, -0.15) is 0 Å². The highest BCUT2D eigenvalue weighted by atomic mass is 16.8. The van der Waals surface area contributed by atoms with Crippen LogP contribution >= 0.6 is 0 Å². The van der Waals surface area contributed by atoms with Crippen molar-refractivity contribution in [2.45, 2.75) is 25.6 Å². The molecule has 1 aromatic carbocycles. The average Bonchev–Trinajstić information content (AvgIpc) is 2.46. The summed E-state index contributed by atoms with van der Waals surface area (Å²) < 4.78 is 5.48. The first kappa shape index (κ1) is 11.4. The molecule has 0 aliphatic carbocycles. The molecular formula is C13H15N3O2. The third-order valence-corrected chi connectivity index (χ3v) is 2.97. The fourth-order valence-electron chi connectivity index (χ4n) is 2.01. The molecule has 3 rings (SSSR count). The molecule has 1 aromatic heterocycles. The molecule has 18 heavy (non-hydrogen) atoms. The summed E-state index contributed by atoms with van der Waals surface area (Å²) in [7, 11) is 0. The molecular weight excluding hydrogens is 230 g/mol. The quantitative estimate of drug-likeness (QED) is 0.842. The summed E-state index contributed by atoms with van der Waals surface area (Å²) in [5, 5.41) is 0.941. The highest BCUT2D eigenvalue weighted by Crippen LogP contribution is 2.20. The summed E-state index contributed by atoms with van der Waals surface area (Å²) in [5.41, 5.74) is 3.77. The predicted octanol–water partition coefficient (Wildman–Crippen LogP) is 2.50. The van der Waals surface area contributed by atoms with Crippen LogP contribution in [0.25, 0.3) is 10.9 Å². The van der Waals surface area contributed by atoms with Gasteiger partial charge >= 0.3 is 0 Å². The minimum absolute atomic E-state index is 0.188. The van der Waals surface area contributed by atoms with E-state index in [0.717, 1.165) is 36.8 Å². The number of hydrogen-bond acceptors (Lipinski definition) is 5. The lowest BCUT2D eigenvalue weighted by Crippen LogP contribution is -2.25. The van der Waals surface area contributed by atoms with Gasteiger partial charge in [-0.25, -0.2) is 20.3 Å². The summed E-state index contributed by atoms with van der Waals surface area (Å²) in [6.07, 6.45) is 4.49. The van der Waals surface area contributed by atoms with Gasteiger partial charge in [-0.3, -0.25) is 0 Å². The van der Waals surface area contributed by atoms with Crippen LogP contribution in [0.15, 0.2) is 30.6 Å². The van der Waals surface area contributed by atoms with Crippen molar-refractivity contribution < 1.29 is 9.57 Å². The fraction of sp³-hybridized carbons (Fsp3) is 0.385. The zero-order valence-electron chi connectivity index (χ0n) is 10.0. The first-order valence-corrected chi connectivity index (χ1v) is 6.16. The van der Waals surface area contributed by atoms with Crippen LogP contribution in [-0.4, -0.2) is 22.9 Å². The molecule has 0 saturated carbocycles. The smallest absolute Gasteiger partial charge is 0.183 e. The predicted molar refractivity (Wildman–Crippen MR) is 67.8 cm³/mol. The van der Waals surface area contributed by atoms with Crippen molar-refractivity contribution in [3.8, 4) is 0 Å². The molecule has 1 atom stereocenters. The Morgan fingerprint density at radius 2 is 2.17 bits per heavy atom. The van der Waals surface area contributed by atoms with Crippen LogP contribution in [-0.2, 0) is 9.57 Å². The zero-order valence-corrected chi connectivity index (χ0v) is 10.0. The molecule has 94 valence electrons. The molecule has 2 aromatic rings. The summed E-state index contributed by atoms with van der Waals surface area (Å²) in [6.45, 7) is 0.761. The Kier molecular flexibility index (Phi) is 3.34. The normalized spacial score (nSPS) is 19.9. The van der Waals surface area contributed by atoms with E-state index in [2.05, 4.69) is 15.4 Å². The van der Waals surface area contributed by atoms with E-state index in [1.807, 2.05) is 24.3 Å². The van der Waals surface area contributed by atoms with E-state index in [1.54, 1.807) is 0 Å². The van der Waals surface area contributed by atoms with Crippen molar-refractivity contribution >= 4 is 16.7 Å². The number of benzene rings is 1. The standard InChI is InChI=1S/C13H15N3O2/c1-2-6-11-10(5-1)13(15-9-14-11)16-18-12-7-3-4-8-17-12/h1-2,5-6,9,12H,3-4,7-8H2,(H,14,15,16)/t12-/m1/s1. The minimum Gasteiger partial charge on any atom is -0.350 e. The number of ether oxygens (including phenoxy) is 1. The van der Waals surface area contributed by atoms with Crippen LogP contribution in [0.3, 0.4) is 0 Å². The van der Waals surface area contributed by atoms with Gasteiger partial charge < -0.3 is 4.74 Å². The number of anilines is 1. The molecule has 1 aliphatic rings. The van der Waals surface area contributed by atoms with Crippen molar-refractivity contribution in [3.63, 3.8) is 0 Å². The van der Waals surface area contributed by atoms with Crippen molar-refractivity contribution in [1.82, 2.24) is 9.97 Å². The monoisotopic (exact) mass is 245 g/mol. The molecule has 1 saturated heterocycles. The van der Waals surface area contributed by atoms with Crippen molar-refractivity contribution in [2.24, 2.45) is 0 Å². The Hall–Kier alpha value is -1.72. The van der Waals surface area contributed by atoms with Crippen LogP contribution in [0.2, 0.25) is 0 Å². The Bertz CT molecular complexity index is 521. The third kappa shape index (κ3) is 2.42. The molecule has 1 fully saturated rings. The second kappa shape index (κ2) is 5.29. The van der Waals surface area contributed by atoms with Crippen molar-refractivity contribution in [3.05, 3.63) is 30.6 Å². The van der Waals surface area contributed by atoms with Crippen LogP contribution < -0.4 is 5.48 Å². The van der Waals surface area contributed by atoms with Gasteiger partial charge in [-0.1, -0.05) is 12.1 Å². The maximum atomic E-state index is 5.51. The van der Waals surface area contributed by atoms with E-state index in [-0.39, 0.29) is 6.29 Å². The van der Waals surface area contributed by atoms with Crippen LogP contribution in [0.1, 0.15) is 19.3 Å². The molecule has 0 radical (unpaired) electrons. The maximum absolute atomic E-state index is 5.51. The van der Waals surface area contributed by atoms with E-state index < -0.39 is 0 Å². The summed E-state index contributed by atoms with van der Waals surface area (Å²) >= 11 is 0. The number of aromatic nitrogens is 2. The second-order valence-electron chi connectivity index (χ2n) is 4.26. The largest absolute Gasteiger partial charge is 0.350 e. The summed E-state index contributed by atoms with van der Waals surface area (Å²) in [4.78, 5) is 13.9. The van der Waals surface area contributed by atoms with Crippen LogP contribution in [0, 0.1) is 0 Å². The maximum Gasteiger partial charge on any atom is 0.183 e. The lowest BCUT2D eigenvalue weighted by Gasteiger charge is -2.22. The third-order valence-electron chi connectivity index (χ3n) is 2.97. The van der Waals surface area contributed by atoms with Crippen LogP contribution in [0.4, 0.5) is 5.82 Å². The van der Waals surface area contributed by atoms with Crippen molar-refractivity contribution in [2.75, 3.05) is 12.1 Å². The Morgan fingerprint density at radius 1 is 1.22 bits per heavy atom. The minimum atomic E-state index is -0.188. The summed E-state index contributed by atoms with van der Waals surface area (Å²) in [6, 6.07) is 7.81. The molecule has 1 aliphatic heterocycles. The zero-order chi connectivity index (χ0) is 12.2. The molecule has 0 amide bonds. The number of nitrogens with zero attached hydrogens (tertiary/aromatic N) is 2. The van der Waals surface area contributed by atoms with Gasteiger partial charge in [0.2, 0.25) is 0 Å². The molecule has 5 nitrogen and oxygen atoms in total. The van der Waals surface area contributed by atoms with Crippen LogP contribution in [0.5, 0.6) is 0 Å². The molecule has 0 bridgehead atoms. The van der Waals surface area contributed by atoms with E-state index in [4.69, 9.17) is 9.57 Å². The Morgan fingerprint density at radius 3 is 3.06 bits per heavy atom. The fourth-order valence-corrected chi connectivity index (χ4v) is 2.01. The number of rotatable bonds is 3. The Balaban J connectivity index is 1.74. The number of nitrogens with one attached hydrogen (secondary N) is 1. The first-order chi connectivity index (χ1) is 8.93. The SMILES string of the molecule is c1ccc2c(NO[C@@H]3CCCCO3)ncnc2c1. The van der Waals surface area contributed by atoms with E-state index >= 15 is 0 Å². The number of hydrogen-bond donors (Lipinski definition) is 1. The lowest BCUT2D eigenvalue weighted by atomic mass is 10.2. The number of para-hydroxylation sites is 1. The van der Waals surface area contributed by atoms with Gasteiger partial charge in [0.05, 0.1) is 5.52 Å². The van der Waals surface area contributed by atoms with Gasteiger partial charge in [0, 0.05) is 18.4 Å². The number of fused-ring (bicyclic) bond motifs is 1. The van der Waals surface area contributed by atoms with Gasteiger partial charge in [0.15, 0.2) is 12.1 Å². The second-order valence-corrected chi connectivity index (χ2v) is 4.26. The lowest BCUT2D eigenvalue weighted by molar-refractivity contribution is -0.145. The molecule has 0 spiro atoms. The highest BCUT2D eigenvalue weighted by molar-refractivity contribution is 5.88. The van der Waals surface area contributed by atoms with Gasteiger partial charge in [0.1, 0.15) is 6.33 Å².